The van der Waals surface area contributed by atoms with Crippen molar-refractivity contribution in [2.45, 2.75) is 58.2 Å². The van der Waals surface area contributed by atoms with Crippen LogP contribution in [0.4, 0.5) is 9.93 Å². The fourth-order valence-corrected chi connectivity index (χ4v) is 3.82. The van der Waals surface area contributed by atoms with Gasteiger partial charge in [-0.1, -0.05) is 11.3 Å². The molecule has 1 aromatic rings. The second-order valence-electron chi connectivity index (χ2n) is 7.23. The van der Waals surface area contributed by atoms with Gasteiger partial charge in [0.2, 0.25) is 0 Å². The summed E-state index contributed by atoms with van der Waals surface area (Å²) < 4.78 is 5.39. The topological polar surface area (TPSA) is 83.6 Å². The molecule has 2 aliphatic rings. The lowest BCUT2D eigenvalue weighted by Crippen LogP contribution is -2.49. The largest absolute Gasteiger partial charge is 0.368 e. The minimum Gasteiger partial charge on any atom is -0.368 e. The Hall–Kier alpha value is -1.67. The minimum atomic E-state index is -0.361. The highest BCUT2D eigenvalue weighted by Gasteiger charge is 2.28. The van der Waals surface area contributed by atoms with Crippen LogP contribution in [0.1, 0.15) is 44.2 Å². The lowest BCUT2D eigenvalue weighted by Gasteiger charge is -2.30. The minimum absolute atomic E-state index is 0.0634. The van der Waals surface area contributed by atoms with Gasteiger partial charge in [0.1, 0.15) is 6.10 Å². The number of amides is 3. The molecule has 0 spiro atoms. The number of carbonyl (C=O) groups is 2. The molecule has 0 aliphatic carbocycles. The molecule has 2 aliphatic heterocycles. The van der Waals surface area contributed by atoms with Crippen molar-refractivity contribution in [3.63, 3.8) is 0 Å². The van der Waals surface area contributed by atoms with Crippen LogP contribution in [0.25, 0.3) is 0 Å². The molecule has 0 radical (unpaired) electrons. The summed E-state index contributed by atoms with van der Waals surface area (Å²) in [6, 6.07) is -0.0634. The van der Waals surface area contributed by atoms with E-state index in [9.17, 15) is 9.59 Å². The molecule has 3 amide bonds. The molecule has 1 atom stereocenters. The van der Waals surface area contributed by atoms with Crippen LogP contribution in [0.2, 0.25) is 0 Å². The number of nitrogens with zero attached hydrogens (tertiary/aromatic N) is 2. The first-order valence-electron chi connectivity index (χ1n) is 8.30. The Bertz CT molecular complexity index is 632. The number of hydrogen-bond donors (Lipinski definition) is 2. The highest BCUT2D eigenvalue weighted by molar-refractivity contribution is 7.15. The molecule has 2 N–H and O–H groups in total. The van der Waals surface area contributed by atoms with Crippen molar-refractivity contribution in [2.75, 3.05) is 18.5 Å². The summed E-state index contributed by atoms with van der Waals surface area (Å²) >= 11 is 1.44. The summed E-state index contributed by atoms with van der Waals surface area (Å²) in [7, 11) is 0. The van der Waals surface area contributed by atoms with Crippen LogP contribution in [0.5, 0.6) is 0 Å². The van der Waals surface area contributed by atoms with E-state index < -0.39 is 0 Å². The van der Waals surface area contributed by atoms with Gasteiger partial charge in [0.05, 0.1) is 12.2 Å². The lowest BCUT2D eigenvalue weighted by molar-refractivity contribution is -0.124. The number of aromatic nitrogens is 1. The SMILES string of the molecule is CC(C)(C)NC(=O)N1CCc2nc(NC(=O)C3CCCO3)sc2C1. The molecular formula is C16H24N4O3S. The average molecular weight is 352 g/mol. The Labute approximate surface area is 145 Å². The quantitative estimate of drug-likeness (QED) is 0.854. The molecule has 1 aromatic heterocycles. The van der Waals surface area contributed by atoms with Gasteiger partial charge in [0.15, 0.2) is 5.13 Å². The molecule has 132 valence electrons. The Balaban J connectivity index is 1.62. The van der Waals surface area contributed by atoms with E-state index in [0.717, 1.165) is 23.4 Å². The number of hydrogen-bond acceptors (Lipinski definition) is 5. The van der Waals surface area contributed by atoms with Gasteiger partial charge in [0.25, 0.3) is 5.91 Å². The molecule has 7 nitrogen and oxygen atoms in total. The van der Waals surface area contributed by atoms with Gasteiger partial charge < -0.3 is 15.0 Å². The van der Waals surface area contributed by atoms with E-state index in [1.807, 2.05) is 20.8 Å². The number of carbonyl (C=O) groups excluding carboxylic acids is 2. The normalized spacial score (nSPS) is 20.6. The number of anilines is 1. The maximum atomic E-state index is 12.3. The van der Waals surface area contributed by atoms with E-state index in [1.165, 1.54) is 11.3 Å². The summed E-state index contributed by atoms with van der Waals surface area (Å²) in [5.41, 5.74) is 0.716. The molecule has 1 unspecified atom stereocenters. The molecular weight excluding hydrogens is 328 g/mol. The second-order valence-corrected chi connectivity index (χ2v) is 8.32. The van der Waals surface area contributed by atoms with Crippen LogP contribution in [0.3, 0.4) is 0 Å². The fourth-order valence-electron chi connectivity index (χ4n) is 2.79. The first-order valence-corrected chi connectivity index (χ1v) is 9.11. The molecule has 0 saturated carbocycles. The zero-order valence-electron chi connectivity index (χ0n) is 14.3. The van der Waals surface area contributed by atoms with Crippen LogP contribution in [0, 0.1) is 0 Å². The number of nitrogens with one attached hydrogen (secondary N) is 2. The average Bonchev–Trinajstić information content (AvgIpc) is 3.13. The molecule has 1 fully saturated rings. The van der Waals surface area contributed by atoms with E-state index >= 15 is 0 Å². The number of urea groups is 1. The van der Waals surface area contributed by atoms with Gasteiger partial charge in [-0.15, -0.1) is 0 Å². The summed E-state index contributed by atoms with van der Waals surface area (Å²) in [4.78, 5) is 31.7. The number of rotatable bonds is 2. The maximum Gasteiger partial charge on any atom is 0.318 e. The second kappa shape index (κ2) is 6.68. The van der Waals surface area contributed by atoms with Gasteiger partial charge in [-0.2, -0.15) is 0 Å². The molecule has 8 heteroatoms. The summed E-state index contributed by atoms with van der Waals surface area (Å²) in [6.45, 7) is 7.70. The third-order valence-electron chi connectivity index (χ3n) is 3.95. The van der Waals surface area contributed by atoms with Gasteiger partial charge in [-0.25, -0.2) is 9.78 Å². The highest BCUT2D eigenvalue weighted by atomic mass is 32.1. The van der Waals surface area contributed by atoms with Crippen molar-refractivity contribution < 1.29 is 14.3 Å². The van der Waals surface area contributed by atoms with Crippen molar-refractivity contribution in [1.82, 2.24) is 15.2 Å². The Morgan fingerprint density at radius 3 is 2.83 bits per heavy atom. The number of ether oxygens (including phenoxy) is 1. The molecule has 3 heterocycles. The van der Waals surface area contributed by atoms with Crippen molar-refractivity contribution in [3.8, 4) is 0 Å². The monoisotopic (exact) mass is 352 g/mol. The van der Waals surface area contributed by atoms with Crippen molar-refractivity contribution in [3.05, 3.63) is 10.6 Å². The van der Waals surface area contributed by atoms with Crippen LogP contribution in [-0.2, 0) is 22.5 Å². The van der Waals surface area contributed by atoms with Crippen LogP contribution >= 0.6 is 11.3 Å². The van der Waals surface area contributed by atoms with Gasteiger partial charge >= 0.3 is 6.03 Å². The highest BCUT2D eigenvalue weighted by Crippen LogP contribution is 2.29. The number of fused-ring (bicyclic) bond motifs is 1. The van der Waals surface area contributed by atoms with E-state index in [-0.39, 0.29) is 23.6 Å². The Kier molecular flexibility index (Phi) is 4.78. The van der Waals surface area contributed by atoms with E-state index in [2.05, 4.69) is 15.6 Å². The predicted octanol–water partition coefficient (Wildman–Crippen LogP) is 2.13. The zero-order valence-corrected chi connectivity index (χ0v) is 15.2. The Morgan fingerprint density at radius 1 is 1.38 bits per heavy atom. The molecule has 0 aromatic carbocycles. The lowest BCUT2D eigenvalue weighted by atomic mass is 10.1. The van der Waals surface area contributed by atoms with Gasteiger partial charge in [-0.05, 0) is 33.6 Å². The van der Waals surface area contributed by atoms with Gasteiger partial charge in [-0.3, -0.25) is 10.1 Å². The smallest absolute Gasteiger partial charge is 0.318 e. The van der Waals surface area contributed by atoms with Crippen molar-refractivity contribution in [1.29, 1.82) is 0 Å². The summed E-state index contributed by atoms with van der Waals surface area (Å²) in [5, 5.41) is 6.42. The van der Waals surface area contributed by atoms with E-state index in [1.54, 1.807) is 4.90 Å². The Morgan fingerprint density at radius 2 is 2.17 bits per heavy atom. The van der Waals surface area contributed by atoms with E-state index in [0.29, 0.717) is 31.2 Å². The third kappa shape index (κ3) is 4.05. The van der Waals surface area contributed by atoms with Crippen molar-refractivity contribution in [2.24, 2.45) is 0 Å². The molecule has 24 heavy (non-hydrogen) atoms. The zero-order chi connectivity index (χ0) is 17.3. The number of thiazole rings is 1. The summed E-state index contributed by atoms with van der Waals surface area (Å²) in [5.74, 6) is -0.124. The van der Waals surface area contributed by atoms with Crippen molar-refractivity contribution >= 4 is 28.4 Å². The molecule has 3 rings (SSSR count). The van der Waals surface area contributed by atoms with Gasteiger partial charge in [0, 0.05) is 30.0 Å². The van der Waals surface area contributed by atoms with E-state index in [4.69, 9.17) is 4.74 Å². The molecule has 1 saturated heterocycles. The first-order chi connectivity index (χ1) is 11.3. The molecule has 0 bridgehead atoms. The van der Waals surface area contributed by atoms with Crippen LogP contribution < -0.4 is 10.6 Å². The third-order valence-corrected chi connectivity index (χ3v) is 4.95. The maximum absolute atomic E-state index is 12.3. The van der Waals surface area contributed by atoms with Crippen LogP contribution in [-0.4, -0.2) is 46.6 Å². The van der Waals surface area contributed by atoms with Crippen LogP contribution in [0.15, 0.2) is 0 Å². The predicted molar refractivity (Wildman–Crippen MR) is 92.1 cm³/mol. The standard InChI is InChI=1S/C16H24N4O3S/c1-16(2,3)19-15(22)20-7-6-10-12(9-20)24-14(17-10)18-13(21)11-5-4-8-23-11/h11H,4-9H2,1-3H3,(H,19,22)(H,17,18,21). The fraction of sp³-hybridized carbons (Fsp3) is 0.688. The summed E-state index contributed by atoms with van der Waals surface area (Å²) in [6.07, 6.45) is 2.03. The first kappa shape index (κ1) is 17.2.